The summed E-state index contributed by atoms with van der Waals surface area (Å²) in [6.07, 6.45) is 0. The summed E-state index contributed by atoms with van der Waals surface area (Å²) in [5.41, 5.74) is 10.5. The minimum atomic E-state index is 0.216. The van der Waals surface area contributed by atoms with Crippen LogP contribution in [0.4, 0.5) is 0 Å². The standard InChI is InChI=1S/C46H23ClN2O2S2/c47-46-48-43-31-17-13-27(26-12-16-29-28-6-1-3-9-35(28)51-38(29)22-26)23-41(31)53-45(43)44(49-46)32-8-5-10-37-42(32)34-21-24(14-18-36(34)50-37)25-15-19-40-33(20-25)30-7-2-4-11-39(30)52-40/h1-23H. The summed E-state index contributed by atoms with van der Waals surface area (Å²) in [5, 5.41) is 8.13. The van der Waals surface area contributed by atoms with Gasteiger partial charge in [-0.15, -0.1) is 22.7 Å². The Hall–Kier alpha value is -6.05. The number of rotatable bonds is 3. The highest BCUT2D eigenvalue weighted by atomic mass is 35.5. The Labute approximate surface area is 314 Å². The van der Waals surface area contributed by atoms with Crippen molar-refractivity contribution in [3.05, 3.63) is 145 Å². The molecule has 0 saturated heterocycles. The van der Waals surface area contributed by atoms with Crippen molar-refractivity contribution in [1.82, 2.24) is 9.97 Å². The summed E-state index contributed by atoms with van der Waals surface area (Å²) in [4.78, 5) is 9.66. The van der Waals surface area contributed by atoms with E-state index in [0.29, 0.717) is 0 Å². The Balaban J connectivity index is 1.02. The van der Waals surface area contributed by atoms with Crippen molar-refractivity contribution < 1.29 is 8.83 Å². The van der Waals surface area contributed by atoms with Crippen LogP contribution >= 0.6 is 34.3 Å². The summed E-state index contributed by atoms with van der Waals surface area (Å²) in [5.74, 6) is 0. The third kappa shape index (κ3) is 4.40. The first-order valence-electron chi connectivity index (χ1n) is 17.3. The van der Waals surface area contributed by atoms with Crippen molar-refractivity contribution in [2.24, 2.45) is 0 Å². The molecule has 0 saturated carbocycles. The fourth-order valence-corrected chi connectivity index (χ4v) is 10.4. The Morgan fingerprint density at radius 1 is 0.434 bits per heavy atom. The zero-order valence-corrected chi connectivity index (χ0v) is 30.1. The first kappa shape index (κ1) is 29.5. The topological polar surface area (TPSA) is 52.1 Å². The van der Waals surface area contributed by atoms with E-state index in [2.05, 4.69) is 109 Å². The van der Waals surface area contributed by atoms with Crippen molar-refractivity contribution in [3.8, 4) is 33.5 Å². The van der Waals surface area contributed by atoms with E-state index in [-0.39, 0.29) is 5.28 Å². The molecule has 7 aromatic carbocycles. The second kappa shape index (κ2) is 11.0. The van der Waals surface area contributed by atoms with Crippen LogP contribution < -0.4 is 0 Å². The van der Waals surface area contributed by atoms with Gasteiger partial charge in [0.15, 0.2) is 0 Å². The molecule has 4 nitrogen and oxygen atoms in total. The lowest BCUT2D eigenvalue weighted by Gasteiger charge is -2.06. The van der Waals surface area contributed by atoms with Crippen molar-refractivity contribution in [3.63, 3.8) is 0 Å². The minimum Gasteiger partial charge on any atom is -0.456 e. The predicted octanol–water partition coefficient (Wildman–Crippen LogP) is 14.7. The molecule has 0 aliphatic heterocycles. The van der Waals surface area contributed by atoms with E-state index in [9.17, 15) is 0 Å². The van der Waals surface area contributed by atoms with Gasteiger partial charge in [0.25, 0.3) is 0 Å². The van der Waals surface area contributed by atoms with Crippen molar-refractivity contribution in [2.75, 3.05) is 0 Å². The smallest absolute Gasteiger partial charge is 0.223 e. The van der Waals surface area contributed by atoms with Gasteiger partial charge in [0.2, 0.25) is 5.28 Å². The van der Waals surface area contributed by atoms with Crippen molar-refractivity contribution >= 4 is 119 Å². The van der Waals surface area contributed by atoms with Gasteiger partial charge in [0, 0.05) is 57.4 Å². The minimum absolute atomic E-state index is 0.216. The number of thiophene rings is 2. The van der Waals surface area contributed by atoms with Gasteiger partial charge >= 0.3 is 0 Å². The lowest BCUT2D eigenvalue weighted by atomic mass is 9.98. The normalized spacial score (nSPS) is 12.2. The molecule has 0 aliphatic carbocycles. The molecule has 248 valence electrons. The van der Waals surface area contributed by atoms with Crippen LogP contribution in [0.25, 0.3) is 118 Å². The maximum atomic E-state index is 6.72. The van der Waals surface area contributed by atoms with Gasteiger partial charge in [-0.05, 0) is 94.5 Å². The van der Waals surface area contributed by atoms with Crippen LogP contribution in [0.3, 0.4) is 0 Å². The van der Waals surface area contributed by atoms with Crippen LogP contribution in [0.15, 0.2) is 148 Å². The Kier molecular flexibility index (Phi) is 6.12. The molecule has 0 spiro atoms. The van der Waals surface area contributed by atoms with Crippen LogP contribution in [-0.4, -0.2) is 9.97 Å². The van der Waals surface area contributed by atoms with Gasteiger partial charge in [-0.25, -0.2) is 9.97 Å². The van der Waals surface area contributed by atoms with E-state index in [1.54, 1.807) is 11.3 Å². The molecule has 53 heavy (non-hydrogen) atoms. The molecule has 0 bridgehead atoms. The van der Waals surface area contributed by atoms with Gasteiger partial charge in [-0.2, -0.15) is 0 Å². The average Bonchev–Trinajstić information content (AvgIpc) is 3.96. The monoisotopic (exact) mass is 734 g/mol. The molecule has 0 radical (unpaired) electrons. The van der Waals surface area contributed by atoms with Crippen LogP contribution in [0.5, 0.6) is 0 Å². The first-order valence-corrected chi connectivity index (χ1v) is 19.3. The largest absolute Gasteiger partial charge is 0.456 e. The quantitative estimate of drug-likeness (QED) is 0.170. The lowest BCUT2D eigenvalue weighted by molar-refractivity contribution is 0.668. The maximum absolute atomic E-state index is 6.72. The molecular formula is C46H23ClN2O2S2. The highest BCUT2D eigenvalue weighted by Gasteiger charge is 2.21. The van der Waals surface area contributed by atoms with E-state index < -0.39 is 0 Å². The molecule has 0 unspecified atom stereocenters. The second-order valence-electron chi connectivity index (χ2n) is 13.4. The molecule has 0 fully saturated rings. The van der Waals surface area contributed by atoms with E-state index in [1.807, 2.05) is 41.7 Å². The van der Waals surface area contributed by atoms with Gasteiger partial charge in [0.1, 0.15) is 22.3 Å². The average molecular weight is 735 g/mol. The molecule has 0 atom stereocenters. The van der Waals surface area contributed by atoms with Gasteiger partial charge in [0.05, 0.1) is 15.9 Å². The van der Waals surface area contributed by atoms with E-state index in [0.717, 1.165) is 92.1 Å². The number of benzene rings is 7. The number of aromatic nitrogens is 2. The Bertz CT molecular complexity index is 3500. The van der Waals surface area contributed by atoms with Gasteiger partial charge in [-0.1, -0.05) is 78.9 Å². The molecule has 5 heterocycles. The number of hydrogen-bond acceptors (Lipinski definition) is 6. The highest BCUT2D eigenvalue weighted by Crippen LogP contribution is 2.45. The van der Waals surface area contributed by atoms with Crippen molar-refractivity contribution in [1.29, 1.82) is 0 Å². The lowest BCUT2D eigenvalue weighted by Crippen LogP contribution is -1.89. The fourth-order valence-electron chi connectivity index (χ4n) is 7.99. The predicted molar refractivity (Wildman–Crippen MR) is 224 cm³/mol. The zero-order valence-electron chi connectivity index (χ0n) is 27.7. The highest BCUT2D eigenvalue weighted by molar-refractivity contribution is 7.26. The molecule has 12 rings (SSSR count). The summed E-state index contributed by atoms with van der Waals surface area (Å²) in [7, 11) is 0. The Morgan fingerprint density at radius 2 is 1.09 bits per heavy atom. The summed E-state index contributed by atoms with van der Waals surface area (Å²) in [6.45, 7) is 0. The van der Waals surface area contributed by atoms with Crippen LogP contribution in [0.1, 0.15) is 0 Å². The number of hydrogen-bond donors (Lipinski definition) is 0. The summed E-state index contributed by atoms with van der Waals surface area (Å²) >= 11 is 10.2. The van der Waals surface area contributed by atoms with Crippen LogP contribution in [0, 0.1) is 0 Å². The summed E-state index contributed by atoms with van der Waals surface area (Å²) < 4.78 is 17.4. The molecule has 5 aromatic heterocycles. The molecule has 0 aliphatic rings. The van der Waals surface area contributed by atoms with Crippen molar-refractivity contribution in [2.45, 2.75) is 0 Å². The molecule has 0 amide bonds. The van der Waals surface area contributed by atoms with E-state index in [1.165, 1.54) is 25.7 Å². The van der Waals surface area contributed by atoms with E-state index in [4.69, 9.17) is 30.4 Å². The maximum Gasteiger partial charge on any atom is 0.223 e. The third-order valence-electron chi connectivity index (χ3n) is 10.5. The summed E-state index contributed by atoms with van der Waals surface area (Å²) in [6, 6.07) is 49.2. The third-order valence-corrected chi connectivity index (χ3v) is 12.9. The second-order valence-corrected chi connectivity index (χ2v) is 15.9. The molecular weight excluding hydrogens is 712 g/mol. The number of para-hydroxylation sites is 1. The molecule has 7 heteroatoms. The number of fused-ring (bicyclic) bond motifs is 12. The SMILES string of the molecule is Clc1nc(-c2cccc3oc4ccc(-c5ccc6sc7ccccc7c6c5)cc4c23)c2sc3cc(-c4ccc5c(c4)oc4ccccc45)ccc3c2n1. The van der Waals surface area contributed by atoms with E-state index >= 15 is 0 Å². The number of nitrogens with zero attached hydrogens (tertiary/aromatic N) is 2. The Morgan fingerprint density at radius 3 is 2.02 bits per heavy atom. The molecule has 0 N–H and O–H groups in total. The van der Waals surface area contributed by atoms with Crippen LogP contribution in [-0.2, 0) is 0 Å². The number of halogens is 1. The van der Waals surface area contributed by atoms with Gasteiger partial charge in [-0.3, -0.25) is 0 Å². The van der Waals surface area contributed by atoms with Gasteiger partial charge < -0.3 is 8.83 Å². The first-order chi connectivity index (χ1) is 26.1. The number of furan rings is 2. The molecule has 12 aromatic rings. The van der Waals surface area contributed by atoms with Crippen LogP contribution in [0.2, 0.25) is 5.28 Å². The fraction of sp³-hybridized carbons (Fsp3) is 0. The zero-order chi connectivity index (χ0) is 34.8.